The molecule has 0 aliphatic carbocycles. The first-order valence-corrected chi connectivity index (χ1v) is 10.3. The van der Waals surface area contributed by atoms with E-state index in [4.69, 9.17) is 20.4 Å². The standard InChI is InChI=1S/C22H29N7O/c1-14-13-24-29-21(14)26-20(16(3)28-10-8-18(23)9-11-28)27-22(29)25-15(2)17-6-5-7-19(12-17)30-4/h5-7,12-13,15,18H,3,8-11,23H2,1-2,4H3,(H,25,26,27)/t15-/m0/s1. The maximum absolute atomic E-state index is 6.05. The molecule has 1 atom stereocenters. The second-order valence-electron chi connectivity index (χ2n) is 7.85. The Labute approximate surface area is 176 Å². The fourth-order valence-corrected chi connectivity index (χ4v) is 3.71. The van der Waals surface area contributed by atoms with Crippen molar-refractivity contribution in [3.05, 3.63) is 54.0 Å². The number of methoxy groups -OCH3 is 1. The molecule has 1 aliphatic rings. The predicted molar refractivity (Wildman–Crippen MR) is 118 cm³/mol. The molecule has 3 aromatic rings. The van der Waals surface area contributed by atoms with E-state index in [1.54, 1.807) is 17.8 Å². The molecule has 158 valence electrons. The van der Waals surface area contributed by atoms with Gasteiger partial charge in [-0.05, 0) is 44.4 Å². The lowest BCUT2D eigenvalue weighted by atomic mass is 10.1. The molecule has 0 radical (unpaired) electrons. The minimum Gasteiger partial charge on any atom is -0.497 e. The van der Waals surface area contributed by atoms with Crippen molar-refractivity contribution in [1.82, 2.24) is 24.5 Å². The number of aryl methyl sites for hydroxylation is 1. The van der Waals surface area contributed by atoms with Crippen molar-refractivity contribution in [3.8, 4) is 5.75 Å². The molecule has 30 heavy (non-hydrogen) atoms. The molecule has 3 heterocycles. The van der Waals surface area contributed by atoms with Gasteiger partial charge in [-0.1, -0.05) is 18.7 Å². The molecule has 1 saturated heterocycles. The summed E-state index contributed by atoms with van der Waals surface area (Å²) in [4.78, 5) is 11.8. The predicted octanol–water partition coefficient (Wildman–Crippen LogP) is 3.01. The van der Waals surface area contributed by atoms with E-state index < -0.39 is 0 Å². The zero-order valence-corrected chi connectivity index (χ0v) is 17.8. The lowest BCUT2D eigenvalue weighted by Crippen LogP contribution is -2.38. The highest BCUT2D eigenvalue weighted by Gasteiger charge is 2.22. The number of fused-ring (bicyclic) bond motifs is 1. The largest absolute Gasteiger partial charge is 0.497 e. The Hall–Kier alpha value is -3.13. The summed E-state index contributed by atoms with van der Waals surface area (Å²) in [7, 11) is 1.67. The second kappa shape index (κ2) is 8.31. The van der Waals surface area contributed by atoms with Crippen molar-refractivity contribution in [3.63, 3.8) is 0 Å². The van der Waals surface area contributed by atoms with E-state index >= 15 is 0 Å². The van der Waals surface area contributed by atoms with Crippen LogP contribution in [-0.4, -0.2) is 50.7 Å². The third kappa shape index (κ3) is 3.95. The second-order valence-corrected chi connectivity index (χ2v) is 7.85. The van der Waals surface area contributed by atoms with Crippen LogP contribution in [0.4, 0.5) is 5.95 Å². The lowest BCUT2D eigenvalue weighted by Gasteiger charge is -2.32. The SMILES string of the molecule is C=C(c1nc(N[C@@H](C)c2cccc(OC)c2)n2ncc(C)c2n1)N1CCC(N)CC1. The number of benzene rings is 1. The van der Waals surface area contributed by atoms with E-state index in [1.807, 2.05) is 25.1 Å². The average Bonchev–Trinajstić information content (AvgIpc) is 3.15. The van der Waals surface area contributed by atoms with E-state index in [0.717, 1.165) is 54.2 Å². The molecular weight excluding hydrogens is 378 g/mol. The Morgan fingerprint density at radius 3 is 2.80 bits per heavy atom. The minimum atomic E-state index is -0.00296. The van der Waals surface area contributed by atoms with Crippen molar-refractivity contribution < 1.29 is 4.74 Å². The van der Waals surface area contributed by atoms with Crippen LogP contribution in [0, 0.1) is 6.92 Å². The number of likely N-dealkylation sites (tertiary alicyclic amines) is 1. The van der Waals surface area contributed by atoms with Crippen LogP contribution in [0.25, 0.3) is 11.3 Å². The molecule has 1 aromatic carbocycles. The normalized spacial score (nSPS) is 15.9. The fraction of sp³-hybridized carbons (Fsp3) is 0.409. The summed E-state index contributed by atoms with van der Waals surface area (Å²) < 4.78 is 7.10. The monoisotopic (exact) mass is 407 g/mol. The molecular formula is C22H29N7O. The maximum atomic E-state index is 6.05. The highest BCUT2D eigenvalue weighted by Crippen LogP contribution is 2.25. The number of nitrogens with one attached hydrogen (secondary N) is 1. The van der Waals surface area contributed by atoms with Crippen LogP contribution < -0.4 is 15.8 Å². The van der Waals surface area contributed by atoms with E-state index in [9.17, 15) is 0 Å². The zero-order valence-electron chi connectivity index (χ0n) is 17.8. The van der Waals surface area contributed by atoms with Gasteiger partial charge in [-0.3, -0.25) is 0 Å². The van der Waals surface area contributed by atoms with Crippen LogP contribution in [-0.2, 0) is 0 Å². The third-order valence-corrected chi connectivity index (χ3v) is 5.66. The Kier molecular flexibility index (Phi) is 5.59. The molecule has 1 fully saturated rings. The number of piperidine rings is 1. The maximum Gasteiger partial charge on any atom is 0.228 e. The highest BCUT2D eigenvalue weighted by molar-refractivity contribution is 5.61. The van der Waals surface area contributed by atoms with Gasteiger partial charge >= 0.3 is 0 Å². The molecule has 8 heteroatoms. The van der Waals surface area contributed by atoms with Gasteiger partial charge in [0.2, 0.25) is 5.95 Å². The molecule has 0 amide bonds. The van der Waals surface area contributed by atoms with Crippen LogP contribution in [0.15, 0.2) is 37.0 Å². The number of anilines is 1. The van der Waals surface area contributed by atoms with Gasteiger partial charge in [0, 0.05) is 24.7 Å². The van der Waals surface area contributed by atoms with Gasteiger partial charge in [-0.15, -0.1) is 0 Å². The summed E-state index contributed by atoms with van der Waals surface area (Å²) in [6.45, 7) is 10.1. The minimum absolute atomic E-state index is 0.00296. The van der Waals surface area contributed by atoms with E-state index in [-0.39, 0.29) is 12.1 Å². The number of rotatable bonds is 6. The number of hydrogen-bond donors (Lipinski definition) is 2. The van der Waals surface area contributed by atoms with Crippen molar-refractivity contribution in [2.45, 2.75) is 38.8 Å². The zero-order chi connectivity index (χ0) is 21.3. The van der Waals surface area contributed by atoms with Gasteiger partial charge < -0.3 is 20.7 Å². The molecule has 1 aliphatic heterocycles. The van der Waals surface area contributed by atoms with Crippen molar-refractivity contribution in [2.75, 3.05) is 25.5 Å². The van der Waals surface area contributed by atoms with Gasteiger partial charge in [-0.2, -0.15) is 14.6 Å². The average molecular weight is 408 g/mol. The van der Waals surface area contributed by atoms with Crippen LogP contribution in [0.5, 0.6) is 5.75 Å². The molecule has 0 spiro atoms. The van der Waals surface area contributed by atoms with Crippen LogP contribution in [0.2, 0.25) is 0 Å². The summed E-state index contributed by atoms with van der Waals surface area (Å²) >= 11 is 0. The molecule has 4 rings (SSSR count). The summed E-state index contributed by atoms with van der Waals surface area (Å²) in [5.41, 5.74) is 9.73. The van der Waals surface area contributed by atoms with Crippen LogP contribution >= 0.6 is 0 Å². The van der Waals surface area contributed by atoms with Crippen molar-refractivity contribution in [1.29, 1.82) is 0 Å². The summed E-state index contributed by atoms with van der Waals surface area (Å²) in [5.74, 6) is 2.07. The number of ether oxygens (including phenoxy) is 1. The molecule has 8 nitrogen and oxygen atoms in total. The molecule has 0 saturated carbocycles. The van der Waals surface area contributed by atoms with Crippen LogP contribution in [0.1, 0.15) is 42.8 Å². The first-order valence-electron chi connectivity index (χ1n) is 10.3. The Morgan fingerprint density at radius 2 is 2.07 bits per heavy atom. The Bertz CT molecular complexity index is 1050. The van der Waals surface area contributed by atoms with Gasteiger partial charge in [-0.25, -0.2) is 4.98 Å². The summed E-state index contributed by atoms with van der Waals surface area (Å²) in [5, 5.41) is 7.95. The smallest absolute Gasteiger partial charge is 0.228 e. The highest BCUT2D eigenvalue weighted by atomic mass is 16.5. The molecule has 0 unspecified atom stereocenters. The number of aromatic nitrogens is 4. The van der Waals surface area contributed by atoms with Gasteiger partial charge in [0.1, 0.15) is 5.75 Å². The van der Waals surface area contributed by atoms with Gasteiger partial charge in [0.05, 0.1) is 25.0 Å². The topological polar surface area (TPSA) is 93.6 Å². The molecule has 2 aromatic heterocycles. The van der Waals surface area contributed by atoms with Gasteiger partial charge in [0.15, 0.2) is 11.5 Å². The first kappa shape index (κ1) is 20.2. The Morgan fingerprint density at radius 1 is 1.30 bits per heavy atom. The number of hydrogen-bond acceptors (Lipinski definition) is 7. The number of nitrogens with zero attached hydrogens (tertiary/aromatic N) is 5. The number of nitrogens with two attached hydrogens (primary N) is 1. The van der Waals surface area contributed by atoms with E-state index in [0.29, 0.717) is 11.8 Å². The third-order valence-electron chi connectivity index (χ3n) is 5.66. The van der Waals surface area contributed by atoms with E-state index in [2.05, 4.69) is 34.9 Å². The first-order chi connectivity index (χ1) is 14.5. The molecule has 3 N–H and O–H groups in total. The quantitative estimate of drug-likeness (QED) is 0.649. The Balaban J connectivity index is 1.66. The van der Waals surface area contributed by atoms with E-state index in [1.165, 1.54) is 0 Å². The summed E-state index contributed by atoms with van der Waals surface area (Å²) in [6, 6.07) is 8.24. The molecule has 0 bridgehead atoms. The fourth-order valence-electron chi connectivity index (χ4n) is 3.71. The van der Waals surface area contributed by atoms with Crippen molar-refractivity contribution >= 4 is 17.3 Å². The summed E-state index contributed by atoms with van der Waals surface area (Å²) in [6.07, 6.45) is 3.70. The lowest BCUT2D eigenvalue weighted by molar-refractivity contribution is 0.298. The van der Waals surface area contributed by atoms with Crippen LogP contribution in [0.3, 0.4) is 0 Å². The van der Waals surface area contributed by atoms with Gasteiger partial charge in [0.25, 0.3) is 0 Å². The van der Waals surface area contributed by atoms with Crippen molar-refractivity contribution in [2.24, 2.45) is 5.73 Å².